The van der Waals surface area contributed by atoms with Gasteiger partial charge in [-0.05, 0) is 12.1 Å². The van der Waals surface area contributed by atoms with Gasteiger partial charge < -0.3 is 35.2 Å². The second-order valence-corrected chi connectivity index (χ2v) is 4.98. The van der Waals surface area contributed by atoms with Gasteiger partial charge in [-0.15, -0.1) is 0 Å². The van der Waals surface area contributed by atoms with Gasteiger partial charge in [-0.3, -0.25) is 0 Å². The Balaban J connectivity index is 1.98. The maximum absolute atomic E-state index is 9.92. The molecule has 0 radical (unpaired) electrons. The Hall–Kier alpha value is -1.38. The Labute approximate surface area is 122 Å². The van der Waals surface area contributed by atoms with Crippen LogP contribution in [-0.2, 0) is 4.74 Å². The number of benzene rings is 1. The van der Waals surface area contributed by atoms with Gasteiger partial charge in [0.15, 0.2) is 0 Å². The number of anilines is 1. The van der Waals surface area contributed by atoms with Crippen molar-refractivity contribution in [1.29, 1.82) is 0 Å². The molecule has 0 bridgehead atoms. The fourth-order valence-corrected chi connectivity index (χ4v) is 2.30. The zero-order chi connectivity index (χ0) is 15.4. The SMILES string of the molecule is COc1cccc(NC[C@@H]2O[C@H](CO)[C@@H](O)[C@H](O)[C@H]2O)c1. The fraction of sp³-hybridized carbons (Fsp3) is 0.571. The molecule has 0 amide bonds. The van der Waals surface area contributed by atoms with E-state index >= 15 is 0 Å². The van der Waals surface area contributed by atoms with Gasteiger partial charge in [0.2, 0.25) is 0 Å². The molecule has 1 heterocycles. The number of ether oxygens (including phenoxy) is 2. The summed E-state index contributed by atoms with van der Waals surface area (Å²) in [6.07, 6.45) is -5.56. The summed E-state index contributed by atoms with van der Waals surface area (Å²) < 4.78 is 10.5. The molecule has 21 heavy (non-hydrogen) atoms. The molecule has 118 valence electrons. The van der Waals surface area contributed by atoms with Crippen LogP contribution < -0.4 is 10.1 Å². The van der Waals surface area contributed by atoms with E-state index in [4.69, 9.17) is 14.6 Å². The predicted molar refractivity (Wildman–Crippen MR) is 75.3 cm³/mol. The van der Waals surface area contributed by atoms with Crippen molar-refractivity contribution in [3.8, 4) is 5.75 Å². The van der Waals surface area contributed by atoms with Gasteiger partial charge in [0.25, 0.3) is 0 Å². The van der Waals surface area contributed by atoms with Crippen molar-refractivity contribution in [3.05, 3.63) is 24.3 Å². The topological polar surface area (TPSA) is 111 Å². The van der Waals surface area contributed by atoms with Gasteiger partial charge in [-0.2, -0.15) is 0 Å². The maximum Gasteiger partial charge on any atom is 0.120 e. The summed E-state index contributed by atoms with van der Waals surface area (Å²) in [4.78, 5) is 0. The Bertz CT molecular complexity index is 455. The summed E-state index contributed by atoms with van der Waals surface area (Å²) in [5.41, 5.74) is 0.770. The highest BCUT2D eigenvalue weighted by Gasteiger charge is 2.43. The molecule has 1 aromatic carbocycles. The van der Waals surface area contributed by atoms with Crippen LogP contribution in [0, 0.1) is 0 Å². The molecule has 0 aliphatic carbocycles. The third-order valence-electron chi connectivity index (χ3n) is 3.57. The molecule has 7 heteroatoms. The molecule has 0 aromatic heterocycles. The molecular weight excluding hydrogens is 278 g/mol. The molecule has 1 aliphatic heterocycles. The van der Waals surface area contributed by atoms with Crippen LogP contribution in [0.5, 0.6) is 5.75 Å². The Morgan fingerprint density at radius 2 is 1.86 bits per heavy atom. The Morgan fingerprint density at radius 3 is 2.52 bits per heavy atom. The maximum atomic E-state index is 9.92. The van der Waals surface area contributed by atoms with Crippen LogP contribution in [0.2, 0.25) is 0 Å². The molecule has 0 spiro atoms. The van der Waals surface area contributed by atoms with Gasteiger partial charge in [0.05, 0.1) is 13.7 Å². The van der Waals surface area contributed by atoms with E-state index in [0.717, 1.165) is 5.69 Å². The van der Waals surface area contributed by atoms with E-state index in [9.17, 15) is 15.3 Å². The van der Waals surface area contributed by atoms with Gasteiger partial charge in [0.1, 0.15) is 36.3 Å². The van der Waals surface area contributed by atoms with Crippen molar-refractivity contribution in [3.63, 3.8) is 0 Å². The number of methoxy groups -OCH3 is 1. The van der Waals surface area contributed by atoms with E-state index in [0.29, 0.717) is 5.75 Å². The third-order valence-corrected chi connectivity index (χ3v) is 3.57. The second kappa shape index (κ2) is 7.06. The second-order valence-electron chi connectivity index (χ2n) is 4.98. The first-order valence-electron chi connectivity index (χ1n) is 6.75. The van der Waals surface area contributed by atoms with E-state index in [1.54, 1.807) is 19.2 Å². The standard InChI is InChI=1S/C14H21NO6/c1-20-9-4-2-3-8(5-9)15-6-10-12(17)14(19)13(18)11(7-16)21-10/h2-5,10-19H,6-7H2,1H3/t10-,11+,12-,13+,14+/m0/s1. The lowest BCUT2D eigenvalue weighted by Gasteiger charge is -2.40. The summed E-state index contributed by atoms with van der Waals surface area (Å²) in [6.45, 7) is -0.213. The predicted octanol–water partition coefficient (Wildman–Crippen LogP) is -1.05. The largest absolute Gasteiger partial charge is 0.497 e. The van der Waals surface area contributed by atoms with Crippen LogP contribution >= 0.6 is 0 Å². The van der Waals surface area contributed by atoms with Gasteiger partial charge in [-0.25, -0.2) is 0 Å². The van der Waals surface area contributed by atoms with Crippen LogP contribution in [0.1, 0.15) is 0 Å². The smallest absolute Gasteiger partial charge is 0.120 e. The van der Waals surface area contributed by atoms with E-state index in [1.165, 1.54) is 0 Å². The first kappa shape index (κ1) is 16.0. The molecular formula is C14H21NO6. The number of hydrogen-bond donors (Lipinski definition) is 5. The number of aliphatic hydroxyl groups is 4. The molecule has 0 unspecified atom stereocenters. The Kier molecular flexibility index (Phi) is 5.38. The number of rotatable bonds is 5. The van der Waals surface area contributed by atoms with Crippen LogP contribution in [0.15, 0.2) is 24.3 Å². The van der Waals surface area contributed by atoms with Gasteiger partial charge >= 0.3 is 0 Å². The number of hydrogen-bond acceptors (Lipinski definition) is 7. The molecule has 5 atom stereocenters. The van der Waals surface area contributed by atoms with Crippen molar-refractivity contribution < 1.29 is 29.9 Å². The minimum atomic E-state index is -1.35. The highest BCUT2D eigenvalue weighted by Crippen LogP contribution is 2.22. The lowest BCUT2D eigenvalue weighted by Crippen LogP contribution is -2.60. The Morgan fingerprint density at radius 1 is 1.14 bits per heavy atom. The van der Waals surface area contributed by atoms with Crippen LogP contribution in [-0.4, -0.2) is 71.2 Å². The van der Waals surface area contributed by atoms with E-state index in [2.05, 4.69) is 5.32 Å². The zero-order valence-electron chi connectivity index (χ0n) is 11.7. The lowest BCUT2D eigenvalue weighted by molar-refractivity contribution is -0.225. The third kappa shape index (κ3) is 3.63. The van der Waals surface area contributed by atoms with Crippen molar-refractivity contribution >= 4 is 5.69 Å². The average molecular weight is 299 g/mol. The highest BCUT2D eigenvalue weighted by molar-refractivity contribution is 5.48. The summed E-state index contributed by atoms with van der Waals surface area (Å²) in [7, 11) is 1.57. The summed E-state index contributed by atoms with van der Waals surface area (Å²) in [5.74, 6) is 0.689. The molecule has 1 fully saturated rings. The number of aliphatic hydroxyl groups excluding tert-OH is 4. The van der Waals surface area contributed by atoms with Crippen molar-refractivity contribution in [1.82, 2.24) is 0 Å². The first-order valence-corrected chi connectivity index (χ1v) is 6.75. The normalized spacial score (nSPS) is 32.7. The molecule has 0 saturated carbocycles. The summed E-state index contributed by atoms with van der Waals surface area (Å²) in [6, 6.07) is 7.23. The minimum Gasteiger partial charge on any atom is -0.497 e. The van der Waals surface area contributed by atoms with Crippen molar-refractivity contribution in [2.24, 2.45) is 0 Å². The molecule has 2 rings (SSSR count). The molecule has 7 nitrogen and oxygen atoms in total. The van der Waals surface area contributed by atoms with E-state index < -0.39 is 37.1 Å². The quantitative estimate of drug-likeness (QED) is 0.472. The first-order chi connectivity index (χ1) is 10.1. The lowest BCUT2D eigenvalue weighted by atomic mass is 9.95. The monoisotopic (exact) mass is 299 g/mol. The van der Waals surface area contributed by atoms with Gasteiger partial charge in [0, 0.05) is 18.3 Å². The van der Waals surface area contributed by atoms with Crippen molar-refractivity contribution in [2.75, 3.05) is 25.6 Å². The molecule has 5 N–H and O–H groups in total. The fourth-order valence-electron chi connectivity index (χ4n) is 2.30. The van der Waals surface area contributed by atoms with E-state index in [-0.39, 0.29) is 6.54 Å². The summed E-state index contributed by atoms with van der Waals surface area (Å²) >= 11 is 0. The minimum absolute atomic E-state index is 0.217. The molecule has 1 aliphatic rings. The average Bonchev–Trinajstić information content (AvgIpc) is 2.52. The van der Waals surface area contributed by atoms with Crippen LogP contribution in [0.3, 0.4) is 0 Å². The molecule has 1 aromatic rings. The molecule has 1 saturated heterocycles. The zero-order valence-corrected chi connectivity index (χ0v) is 11.7. The van der Waals surface area contributed by atoms with Crippen molar-refractivity contribution in [2.45, 2.75) is 30.5 Å². The van der Waals surface area contributed by atoms with Crippen LogP contribution in [0.4, 0.5) is 5.69 Å². The van der Waals surface area contributed by atoms with Gasteiger partial charge in [-0.1, -0.05) is 6.07 Å². The van der Waals surface area contributed by atoms with Crippen LogP contribution in [0.25, 0.3) is 0 Å². The highest BCUT2D eigenvalue weighted by atomic mass is 16.5. The van der Waals surface area contributed by atoms with E-state index in [1.807, 2.05) is 12.1 Å². The summed E-state index contributed by atoms with van der Waals surface area (Å²) in [5, 5.41) is 41.5. The number of nitrogens with one attached hydrogen (secondary N) is 1.